The van der Waals surface area contributed by atoms with Crippen LogP contribution in [0.15, 0.2) is 30.3 Å². The molecule has 1 aromatic carbocycles. The molecule has 3 heteroatoms. The van der Waals surface area contributed by atoms with Crippen LogP contribution in [-0.4, -0.2) is 16.1 Å². The molecule has 0 radical (unpaired) electrons. The summed E-state index contributed by atoms with van der Waals surface area (Å²) in [5.41, 5.74) is 5.15. The van der Waals surface area contributed by atoms with Crippen molar-refractivity contribution in [1.82, 2.24) is 4.98 Å². The lowest BCUT2D eigenvalue weighted by Gasteiger charge is -2.12. The fraction of sp³-hybridized carbons (Fsp3) is 0.294. The molecule has 0 aliphatic carbocycles. The maximum absolute atomic E-state index is 11.2. The number of hydrogen-bond donors (Lipinski definition) is 1. The highest BCUT2D eigenvalue weighted by molar-refractivity contribution is 5.89. The number of carboxylic acids is 1. The van der Waals surface area contributed by atoms with Crippen molar-refractivity contribution in [1.29, 1.82) is 0 Å². The molecule has 0 unspecified atom stereocenters. The van der Waals surface area contributed by atoms with E-state index in [0.717, 1.165) is 16.8 Å². The zero-order valence-electron chi connectivity index (χ0n) is 12.3. The summed E-state index contributed by atoms with van der Waals surface area (Å²) < 4.78 is 0. The first kappa shape index (κ1) is 14.3. The molecule has 2 aromatic rings. The number of rotatable bonds is 3. The zero-order valence-corrected chi connectivity index (χ0v) is 12.3. The van der Waals surface area contributed by atoms with E-state index in [2.05, 4.69) is 18.0 Å². The third-order valence-corrected chi connectivity index (χ3v) is 3.36. The van der Waals surface area contributed by atoms with E-state index < -0.39 is 5.97 Å². The van der Waals surface area contributed by atoms with Crippen LogP contribution < -0.4 is 0 Å². The lowest BCUT2D eigenvalue weighted by atomic mass is 9.99. The lowest BCUT2D eigenvalue weighted by Crippen LogP contribution is -2.07. The number of benzene rings is 1. The Labute approximate surface area is 119 Å². The van der Waals surface area contributed by atoms with Gasteiger partial charge in [0.2, 0.25) is 0 Å². The Morgan fingerprint density at radius 2 is 1.85 bits per heavy atom. The number of pyridine rings is 1. The SMILES string of the molecule is Cc1ccc(-c2ccc(C(=O)O)c(C(C)C)n2)c(C)c1. The van der Waals surface area contributed by atoms with Gasteiger partial charge in [-0.05, 0) is 37.5 Å². The largest absolute Gasteiger partial charge is 0.478 e. The summed E-state index contributed by atoms with van der Waals surface area (Å²) in [4.78, 5) is 15.8. The first-order valence-corrected chi connectivity index (χ1v) is 6.72. The molecule has 3 nitrogen and oxygen atoms in total. The molecule has 0 amide bonds. The summed E-state index contributed by atoms with van der Waals surface area (Å²) in [5, 5.41) is 9.23. The maximum Gasteiger partial charge on any atom is 0.337 e. The number of hydrogen-bond acceptors (Lipinski definition) is 2. The number of aryl methyl sites for hydroxylation is 2. The second kappa shape index (κ2) is 5.45. The van der Waals surface area contributed by atoms with Crippen LogP contribution in [-0.2, 0) is 0 Å². The highest BCUT2D eigenvalue weighted by Crippen LogP contribution is 2.26. The summed E-state index contributed by atoms with van der Waals surface area (Å²) in [5.74, 6) is -0.847. The normalized spacial score (nSPS) is 10.8. The van der Waals surface area contributed by atoms with E-state index in [9.17, 15) is 9.90 Å². The van der Waals surface area contributed by atoms with Gasteiger partial charge in [-0.2, -0.15) is 0 Å². The predicted octanol–water partition coefficient (Wildman–Crippen LogP) is 4.19. The van der Waals surface area contributed by atoms with Crippen molar-refractivity contribution in [2.45, 2.75) is 33.6 Å². The van der Waals surface area contributed by atoms with E-state index in [1.165, 1.54) is 5.56 Å². The molecule has 1 heterocycles. The quantitative estimate of drug-likeness (QED) is 0.909. The Morgan fingerprint density at radius 1 is 1.15 bits per heavy atom. The molecule has 0 spiro atoms. The van der Waals surface area contributed by atoms with Crippen molar-refractivity contribution >= 4 is 5.97 Å². The molecule has 2 rings (SSSR count). The molecule has 1 aromatic heterocycles. The minimum atomic E-state index is -0.923. The lowest BCUT2D eigenvalue weighted by molar-refractivity contribution is 0.0694. The van der Waals surface area contributed by atoms with E-state index in [0.29, 0.717) is 5.69 Å². The van der Waals surface area contributed by atoms with Gasteiger partial charge in [0.05, 0.1) is 17.0 Å². The summed E-state index contributed by atoms with van der Waals surface area (Å²) in [6, 6.07) is 9.63. The van der Waals surface area contributed by atoms with Crippen molar-refractivity contribution < 1.29 is 9.90 Å². The number of nitrogens with zero attached hydrogens (tertiary/aromatic N) is 1. The Morgan fingerprint density at radius 3 is 2.40 bits per heavy atom. The Hall–Kier alpha value is -2.16. The Kier molecular flexibility index (Phi) is 3.89. The Balaban J connectivity index is 2.59. The molecule has 104 valence electrons. The van der Waals surface area contributed by atoms with Crippen LogP contribution in [0.2, 0.25) is 0 Å². The molecule has 1 N–H and O–H groups in total. The van der Waals surface area contributed by atoms with Crippen LogP contribution >= 0.6 is 0 Å². The Bertz CT molecular complexity index is 660. The molecular weight excluding hydrogens is 250 g/mol. The number of aromatic carboxylic acids is 1. The van der Waals surface area contributed by atoms with Gasteiger partial charge in [-0.1, -0.05) is 37.6 Å². The van der Waals surface area contributed by atoms with Crippen molar-refractivity contribution in [3.05, 3.63) is 52.7 Å². The predicted molar refractivity (Wildman–Crippen MR) is 80.2 cm³/mol. The average molecular weight is 269 g/mol. The number of aromatic nitrogens is 1. The van der Waals surface area contributed by atoms with Crippen molar-refractivity contribution in [3.63, 3.8) is 0 Å². The van der Waals surface area contributed by atoms with Gasteiger partial charge in [0, 0.05) is 5.56 Å². The van der Waals surface area contributed by atoms with Crippen LogP contribution in [0.3, 0.4) is 0 Å². The molecule has 0 saturated heterocycles. The minimum Gasteiger partial charge on any atom is -0.478 e. The summed E-state index contributed by atoms with van der Waals surface area (Å²) in [6.07, 6.45) is 0. The molecule has 0 atom stereocenters. The van der Waals surface area contributed by atoms with Crippen molar-refractivity contribution in [2.75, 3.05) is 0 Å². The van der Waals surface area contributed by atoms with E-state index in [-0.39, 0.29) is 11.5 Å². The van der Waals surface area contributed by atoms with Crippen molar-refractivity contribution in [3.8, 4) is 11.3 Å². The second-order valence-corrected chi connectivity index (χ2v) is 5.41. The third kappa shape index (κ3) is 2.72. The van der Waals surface area contributed by atoms with Gasteiger partial charge in [0.15, 0.2) is 0 Å². The standard InChI is InChI=1S/C17H19NO2/c1-10(2)16-14(17(19)20)7-8-15(18-16)13-6-5-11(3)9-12(13)4/h5-10H,1-4H3,(H,19,20). The first-order chi connectivity index (χ1) is 9.40. The molecule has 0 bridgehead atoms. The van der Waals surface area contributed by atoms with Gasteiger partial charge in [0.25, 0.3) is 0 Å². The third-order valence-electron chi connectivity index (χ3n) is 3.36. The zero-order chi connectivity index (χ0) is 14.9. The molecule has 0 aliphatic rings. The minimum absolute atomic E-state index is 0.0757. The van der Waals surface area contributed by atoms with Gasteiger partial charge in [-0.25, -0.2) is 4.79 Å². The molecule has 0 aliphatic heterocycles. The van der Waals surface area contributed by atoms with Crippen LogP contribution in [0.1, 0.15) is 46.9 Å². The summed E-state index contributed by atoms with van der Waals surface area (Å²) in [7, 11) is 0. The smallest absolute Gasteiger partial charge is 0.337 e. The van der Waals surface area contributed by atoms with Gasteiger partial charge in [-0.3, -0.25) is 4.98 Å². The average Bonchev–Trinajstić information content (AvgIpc) is 2.37. The van der Waals surface area contributed by atoms with Crippen molar-refractivity contribution in [2.24, 2.45) is 0 Å². The van der Waals surface area contributed by atoms with Crippen LogP contribution in [0.5, 0.6) is 0 Å². The highest BCUT2D eigenvalue weighted by Gasteiger charge is 2.16. The van der Waals surface area contributed by atoms with E-state index in [1.54, 1.807) is 12.1 Å². The van der Waals surface area contributed by atoms with E-state index >= 15 is 0 Å². The summed E-state index contributed by atoms with van der Waals surface area (Å²) >= 11 is 0. The van der Waals surface area contributed by atoms with Crippen LogP contribution in [0.4, 0.5) is 0 Å². The number of carbonyl (C=O) groups is 1. The second-order valence-electron chi connectivity index (χ2n) is 5.41. The van der Waals surface area contributed by atoms with E-state index in [4.69, 9.17) is 0 Å². The van der Waals surface area contributed by atoms with E-state index in [1.807, 2.05) is 32.9 Å². The molecular formula is C17H19NO2. The van der Waals surface area contributed by atoms with Gasteiger partial charge < -0.3 is 5.11 Å². The van der Waals surface area contributed by atoms with Gasteiger partial charge in [0.1, 0.15) is 0 Å². The van der Waals surface area contributed by atoms with Gasteiger partial charge in [-0.15, -0.1) is 0 Å². The topological polar surface area (TPSA) is 50.2 Å². The monoisotopic (exact) mass is 269 g/mol. The molecule has 0 fully saturated rings. The molecule has 20 heavy (non-hydrogen) atoms. The maximum atomic E-state index is 11.2. The fourth-order valence-electron chi connectivity index (χ4n) is 2.35. The van der Waals surface area contributed by atoms with Crippen LogP contribution in [0.25, 0.3) is 11.3 Å². The molecule has 0 saturated carbocycles. The highest BCUT2D eigenvalue weighted by atomic mass is 16.4. The number of carboxylic acid groups (broad SMARTS) is 1. The summed E-state index contributed by atoms with van der Waals surface area (Å²) in [6.45, 7) is 8.02. The fourth-order valence-corrected chi connectivity index (χ4v) is 2.35. The van der Waals surface area contributed by atoms with Crippen LogP contribution in [0, 0.1) is 13.8 Å². The first-order valence-electron chi connectivity index (χ1n) is 6.72. The van der Waals surface area contributed by atoms with Gasteiger partial charge >= 0.3 is 5.97 Å².